The van der Waals surface area contributed by atoms with Crippen molar-refractivity contribution in [2.75, 3.05) is 17.2 Å². The van der Waals surface area contributed by atoms with Crippen LogP contribution in [0.25, 0.3) is 0 Å². The summed E-state index contributed by atoms with van der Waals surface area (Å²) < 4.78 is 22.2. The lowest BCUT2D eigenvalue weighted by Gasteiger charge is -2.16. The van der Waals surface area contributed by atoms with Crippen molar-refractivity contribution in [1.29, 1.82) is 5.26 Å². The zero-order valence-electron chi connectivity index (χ0n) is 11.1. The number of nitro benzene ring substituents is 1. The highest BCUT2D eigenvalue weighted by molar-refractivity contribution is 8.13. The molecule has 10 heteroatoms. The number of hydrogen-bond acceptors (Lipinski definition) is 6. The molecule has 22 heavy (non-hydrogen) atoms. The fourth-order valence-corrected chi connectivity index (χ4v) is 3.70. The Morgan fingerprint density at radius 3 is 2.73 bits per heavy atom. The third kappa shape index (κ3) is 3.52. The SMILES string of the molecule is N#Cc1ccc(N2CC(CS(=O)(=O)Cl)CC2=O)c([N+](=O)[O-])c1. The molecule has 1 amide bonds. The molecule has 116 valence electrons. The van der Waals surface area contributed by atoms with Crippen LogP contribution in [0.2, 0.25) is 0 Å². The summed E-state index contributed by atoms with van der Waals surface area (Å²) >= 11 is 0. The molecule has 1 atom stereocenters. The van der Waals surface area contributed by atoms with E-state index in [0.717, 1.165) is 11.0 Å². The molecular weight excluding hydrogens is 334 g/mol. The van der Waals surface area contributed by atoms with Gasteiger partial charge in [0.1, 0.15) is 5.69 Å². The third-order valence-electron chi connectivity index (χ3n) is 3.23. The molecule has 8 nitrogen and oxygen atoms in total. The Balaban J connectivity index is 2.35. The number of anilines is 1. The van der Waals surface area contributed by atoms with Gasteiger partial charge < -0.3 is 4.90 Å². The molecule has 1 unspecified atom stereocenters. The summed E-state index contributed by atoms with van der Waals surface area (Å²) in [5.41, 5.74) is -0.229. The lowest BCUT2D eigenvalue weighted by Crippen LogP contribution is -2.26. The van der Waals surface area contributed by atoms with Gasteiger partial charge in [0.2, 0.25) is 15.0 Å². The summed E-state index contributed by atoms with van der Waals surface area (Å²) in [5, 5.41) is 19.9. The largest absolute Gasteiger partial charge is 0.306 e. The van der Waals surface area contributed by atoms with Crippen molar-refractivity contribution in [3.63, 3.8) is 0 Å². The standard InChI is InChI=1S/C12H10ClN3O5S/c13-22(20,21)7-9-4-12(17)15(6-9)10-2-1-8(5-14)3-11(10)16(18)19/h1-3,9H,4,6-7H2. The van der Waals surface area contributed by atoms with Crippen molar-refractivity contribution in [2.45, 2.75) is 6.42 Å². The maximum absolute atomic E-state index is 12.0. The monoisotopic (exact) mass is 343 g/mol. The molecule has 1 heterocycles. The molecule has 0 saturated carbocycles. The number of halogens is 1. The number of hydrogen-bond donors (Lipinski definition) is 0. The number of carbonyl (C=O) groups is 1. The molecule has 1 fully saturated rings. The van der Waals surface area contributed by atoms with Gasteiger partial charge in [-0.25, -0.2) is 8.42 Å². The first-order chi connectivity index (χ1) is 10.2. The van der Waals surface area contributed by atoms with E-state index < -0.39 is 25.8 Å². The number of nitriles is 1. The van der Waals surface area contributed by atoms with Crippen molar-refractivity contribution in [2.24, 2.45) is 5.92 Å². The Morgan fingerprint density at radius 1 is 1.50 bits per heavy atom. The van der Waals surface area contributed by atoms with Crippen LogP contribution in [0.5, 0.6) is 0 Å². The van der Waals surface area contributed by atoms with Gasteiger partial charge in [-0.1, -0.05) is 0 Å². The number of amides is 1. The molecule has 1 aromatic rings. The van der Waals surface area contributed by atoms with Crippen molar-refractivity contribution >= 4 is 37.0 Å². The Morgan fingerprint density at radius 2 is 2.18 bits per heavy atom. The van der Waals surface area contributed by atoms with E-state index >= 15 is 0 Å². The predicted octanol–water partition coefficient (Wildman–Crippen LogP) is 1.39. The Bertz CT molecular complexity index is 786. The highest BCUT2D eigenvalue weighted by Gasteiger charge is 2.36. The minimum Gasteiger partial charge on any atom is -0.306 e. The molecule has 2 rings (SSSR count). The fourth-order valence-electron chi connectivity index (χ4n) is 2.38. The summed E-state index contributed by atoms with van der Waals surface area (Å²) in [6.45, 7) is 0.0253. The van der Waals surface area contributed by atoms with Gasteiger partial charge in [0, 0.05) is 35.6 Å². The van der Waals surface area contributed by atoms with Gasteiger partial charge in [-0.3, -0.25) is 14.9 Å². The van der Waals surface area contributed by atoms with Crippen LogP contribution >= 0.6 is 10.7 Å². The third-order valence-corrected chi connectivity index (χ3v) is 4.48. The average molecular weight is 344 g/mol. The molecule has 1 aliphatic rings. The zero-order valence-corrected chi connectivity index (χ0v) is 12.7. The first-order valence-corrected chi connectivity index (χ1v) is 8.60. The normalized spacial score (nSPS) is 18.3. The highest BCUT2D eigenvalue weighted by atomic mass is 35.7. The highest BCUT2D eigenvalue weighted by Crippen LogP contribution is 2.34. The van der Waals surface area contributed by atoms with Crippen LogP contribution in [-0.2, 0) is 13.8 Å². The number of nitro groups is 1. The van der Waals surface area contributed by atoms with Gasteiger partial charge in [0.15, 0.2) is 0 Å². The number of carbonyl (C=O) groups excluding carboxylic acids is 1. The van der Waals surface area contributed by atoms with Crippen LogP contribution in [0.3, 0.4) is 0 Å². The van der Waals surface area contributed by atoms with Crippen molar-refractivity contribution < 1.29 is 18.1 Å². The smallest absolute Gasteiger partial charge is 0.294 e. The van der Waals surface area contributed by atoms with Crippen LogP contribution in [0.4, 0.5) is 11.4 Å². The molecule has 0 bridgehead atoms. The van der Waals surface area contributed by atoms with E-state index in [4.69, 9.17) is 15.9 Å². The van der Waals surface area contributed by atoms with Crippen molar-refractivity contribution in [3.05, 3.63) is 33.9 Å². The molecule has 1 aliphatic heterocycles. The van der Waals surface area contributed by atoms with Crippen LogP contribution in [0.1, 0.15) is 12.0 Å². The molecule has 0 N–H and O–H groups in total. The van der Waals surface area contributed by atoms with E-state index in [2.05, 4.69) is 0 Å². The van der Waals surface area contributed by atoms with Gasteiger partial charge in [0.25, 0.3) is 5.69 Å². The molecule has 0 aliphatic carbocycles. The first kappa shape index (κ1) is 16.2. The molecule has 0 aromatic heterocycles. The summed E-state index contributed by atoms with van der Waals surface area (Å²) in [6.07, 6.45) is -0.0525. The lowest BCUT2D eigenvalue weighted by atomic mass is 10.1. The van der Waals surface area contributed by atoms with Crippen molar-refractivity contribution in [1.82, 2.24) is 0 Å². The minimum atomic E-state index is -3.76. The van der Waals surface area contributed by atoms with Gasteiger partial charge in [-0.2, -0.15) is 5.26 Å². The maximum atomic E-state index is 12.0. The van der Waals surface area contributed by atoms with E-state index in [1.165, 1.54) is 12.1 Å². The van der Waals surface area contributed by atoms with Gasteiger partial charge >= 0.3 is 0 Å². The quantitative estimate of drug-likeness (QED) is 0.462. The Labute approximate surface area is 130 Å². The van der Waals surface area contributed by atoms with Crippen molar-refractivity contribution in [3.8, 4) is 6.07 Å². The molecule has 0 radical (unpaired) electrons. The maximum Gasteiger partial charge on any atom is 0.294 e. The summed E-state index contributed by atoms with van der Waals surface area (Å²) in [4.78, 5) is 23.6. The molecule has 0 spiro atoms. The topological polar surface area (TPSA) is 121 Å². The van der Waals surface area contributed by atoms with E-state index in [9.17, 15) is 23.3 Å². The molecule has 1 aromatic carbocycles. The van der Waals surface area contributed by atoms with Gasteiger partial charge in [-0.15, -0.1) is 0 Å². The van der Waals surface area contributed by atoms with E-state index in [-0.39, 0.29) is 35.7 Å². The minimum absolute atomic E-state index is 0.0253. The second-order valence-electron chi connectivity index (χ2n) is 4.85. The van der Waals surface area contributed by atoms with Gasteiger partial charge in [0.05, 0.1) is 22.3 Å². The lowest BCUT2D eigenvalue weighted by molar-refractivity contribution is -0.384. The van der Waals surface area contributed by atoms with Crippen LogP contribution in [-0.4, -0.2) is 31.5 Å². The summed E-state index contributed by atoms with van der Waals surface area (Å²) in [5.74, 6) is -1.32. The van der Waals surface area contributed by atoms with Crippen LogP contribution < -0.4 is 4.90 Å². The first-order valence-electron chi connectivity index (χ1n) is 6.12. The summed E-state index contributed by atoms with van der Waals surface area (Å²) in [7, 11) is 1.42. The Kier molecular flexibility index (Phi) is 4.35. The van der Waals surface area contributed by atoms with E-state index in [0.29, 0.717) is 0 Å². The van der Waals surface area contributed by atoms with Gasteiger partial charge in [-0.05, 0) is 12.1 Å². The molecular formula is C12H10ClN3O5S. The van der Waals surface area contributed by atoms with E-state index in [1.807, 2.05) is 0 Å². The van der Waals surface area contributed by atoms with Crippen LogP contribution in [0.15, 0.2) is 18.2 Å². The number of benzene rings is 1. The predicted molar refractivity (Wildman–Crippen MR) is 77.9 cm³/mol. The van der Waals surface area contributed by atoms with Crippen LogP contribution in [0, 0.1) is 27.4 Å². The van der Waals surface area contributed by atoms with E-state index in [1.54, 1.807) is 6.07 Å². The number of rotatable bonds is 4. The number of nitrogens with zero attached hydrogens (tertiary/aromatic N) is 3. The summed E-state index contributed by atoms with van der Waals surface area (Å²) in [6, 6.07) is 5.54. The fraction of sp³-hybridized carbons (Fsp3) is 0.333. The zero-order chi connectivity index (χ0) is 16.5. The Hall–Kier alpha value is -2.18. The second-order valence-corrected chi connectivity index (χ2v) is 7.67. The molecule has 1 saturated heterocycles. The average Bonchev–Trinajstić information content (AvgIpc) is 2.76. The second kappa shape index (κ2) is 5.90.